The van der Waals surface area contributed by atoms with Crippen LogP contribution in [0.3, 0.4) is 0 Å². The van der Waals surface area contributed by atoms with E-state index in [1.54, 1.807) is 37.3 Å². The normalized spacial score (nSPS) is 11.9. The van der Waals surface area contributed by atoms with Gasteiger partial charge in [-0.15, -0.1) is 0 Å². The molecule has 4 rings (SSSR count). The van der Waals surface area contributed by atoms with Gasteiger partial charge in [0.05, 0.1) is 16.8 Å². The van der Waals surface area contributed by atoms with E-state index in [4.69, 9.17) is 21.3 Å². The molecule has 0 aliphatic carbocycles. The summed E-state index contributed by atoms with van der Waals surface area (Å²) in [4.78, 5) is 30.7. The van der Waals surface area contributed by atoms with Gasteiger partial charge in [0.1, 0.15) is 0 Å². The molecule has 1 heterocycles. The molecule has 0 spiro atoms. The van der Waals surface area contributed by atoms with Crippen molar-refractivity contribution in [1.82, 2.24) is 4.98 Å². The van der Waals surface area contributed by atoms with Gasteiger partial charge >= 0.3 is 5.97 Å². The molecular formula is C27H22ClNO3. The van der Waals surface area contributed by atoms with Gasteiger partial charge < -0.3 is 4.74 Å². The van der Waals surface area contributed by atoms with E-state index in [0.717, 1.165) is 16.7 Å². The van der Waals surface area contributed by atoms with Crippen molar-refractivity contribution < 1.29 is 14.3 Å². The first-order valence-electron chi connectivity index (χ1n) is 10.3. The van der Waals surface area contributed by atoms with Crippen molar-refractivity contribution in [1.29, 1.82) is 0 Å². The van der Waals surface area contributed by atoms with Gasteiger partial charge in [-0.1, -0.05) is 65.2 Å². The van der Waals surface area contributed by atoms with E-state index in [9.17, 15) is 9.59 Å². The molecule has 0 fully saturated rings. The smallest absolute Gasteiger partial charge is 0.339 e. The number of halogens is 1. The van der Waals surface area contributed by atoms with Crippen LogP contribution >= 0.6 is 11.6 Å². The molecule has 0 amide bonds. The van der Waals surface area contributed by atoms with E-state index in [1.807, 2.05) is 56.3 Å². The summed E-state index contributed by atoms with van der Waals surface area (Å²) in [5.41, 5.74) is 5.06. The van der Waals surface area contributed by atoms with Crippen LogP contribution in [0.15, 0.2) is 72.8 Å². The highest BCUT2D eigenvalue weighted by molar-refractivity contribution is 6.30. The number of esters is 1. The summed E-state index contributed by atoms with van der Waals surface area (Å²) in [6.07, 6.45) is -0.919. The zero-order valence-electron chi connectivity index (χ0n) is 18.1. The zero-order valence-corrected chi connectivity index (χ0v) is 18.8. The molecule has 0 saturated heterocycles. The second-order valence-electron chi connectivity index (χ2n) is 7.86. The van der Waals surface area contributed by atoms with Gasteiger partial charge in [0.25, 0.3) is 0 Å². The first-order valence-corrected chi connectivity index (χ1v) is 10.7. The van der Waals surface area contributed by atoms with Crippen LogP contribution in [0.25, 0.3) is 22.2 Å². The maximum atomic E-state index is 13.2. The highest BCUT2D eigenvalue weighted by Crippen LogP contribution is 2.27. The minimum atomic E-state index is -0.919. The lowest BCUT2D eigenvalue weighted by Gasteiger charge is -2.15. The predicted molar refractivity (Wildman–Crippen MR) is 127 cm³/mol. The van der Waals surface area contributed by atoms with Crippen molar-refractivity contribution in [2.75, 3.05) is 0 Å². The van der Waals surface area contributed by atoms with E-state index in [-0.39, 0.29) is 5.78 Å². The van der Waals surface area contributed by atoms with Gasteiger partial charge in [0.2, 0.25) is 5.78 Å². The van der Waals surface area contributed by atoms with Gasteiger partial charge in [-0.05, 0) is 51.1 Å². The summed E-state index contributed by atoms with van der Waals surface area (Å²) in [5, 5.41) is 1.30. The number of hydrogen-bond donors (Lipinski definition) is 0. The zero-order chi connectivity index (χ0) is 22.8. The number of benzene rings is 3. The second kappa shape index (κ2) is 8.93. The Morgan fingerprint density at radius 3 is 2.22 bits per heavy atom. The van der Waals surface area contributed by atoms with E-state index in [0.29, 0.717) is 32.7 Å². The Kier molecular flexibility index (Phi) is 6.06. The predicted octanol–water partition coefficient (Wildman–Crippen LogP) is 6.60. The van der Waals surface area contributed by atoms with Crippen LogP contribution in [0.2, 0.25) is 5.02 Å². The van der Waals surface area contributed by atoms with E-state index >= 15 is 0 Å². The average Bonchev–Trinajstić information content (AvgIpc) is 2.78. The number of ether oxygens (including phenoxy) is 1. The minimum absolute atomic E-state index is 0.245. The van der Waals surface area contributed by atoms with Crippen LogP contribution in [0, 0.1) is 13.8 Å². The second-order valence-corrected chi connectivity index (χ2v) is 8.30. The van der Waals surface area contributed by atoms with Gasteiger partial charge in [-0.25, -0.2) is 9.78 Å². The third-order valence-electron chi connectivity index (χ3n) is 5.31. The molecule has 0 aliphatic heterocycles. The van der Waals surface area contributed by atoms with Gasteiger partial charge in [-0.3, -0.25) is 4.79 Å². The van der Waals surface area contributed by atoms with E-state index in [1.165, 1.54) is 0 Å². The maximum Gasteiger partial charge on any atom is 0.339 e. The number of hydrogen-bond acceptors (Lipinski definition) is 4. The molecule has 0 bridgehead atoms. The molecule has 5 heteroatoms. The molecule has 0 aliphatic rings. The number of pyridine rings is 1. The lowest BCUT2D eigenvalue weighted by Crippen LogP contribution is -2.24. The Morgan fingerprint density at radius 1 is 0.875 bits per heavy atom. The molecule has 3 aromatic carbocycles. The Morgan fingerprint density at radius 2 is 1.53 bits per heavy atom. The Hall–Kier alpha value is -3.50. The molecular weight excluding hydrogens is 422 g/mol. The number of nitrogens with zero attached hydrogens (tertiary/aromatic N) is 1. The standard InChI is InChI=1S/C27H22ClNO3/c1-16-4-7-20(8-5-16)26(30)18(3)32-27(31)23-15-25(19-9-11-21(28)12-10-19)29-24-13-6-17(2)14-22(23)24/h4-15,18H,1-3H3/t18-/m1/s1. The topological polar surface area (TPSA) is 56.3 Å². The van der Waals surface area contributed by atoms with E-state index < -0.39 is 12.1 Å². The van der Waals surface area contributed by atoms with Crippen molar-refractivity contribution >= 4 is 34.3 Å². The van der Waals surface area contributed by atoms with Crippen molar-refractivity contribution in [3.05, 3.63) is 100 Å². The molecule has 0 N–H and O–H groups in total. The molecule has 32 heavy (non-hydrogen) atoms. The number of carbonyl (C=O) groups is 2. The SMILES string of the molecule is Cc1ccc(C(=O)[C@@H](C)OC(=O)c2cc(-c3ccc(Cl)cc3)nc3ccc(C)cc23)cc1. The van der Waals surface area contributed by atoms with Crippen LogP contribution in [-0.4, -0.2) is 22.8 Å². The van der Waals surface area contributed by atoms with Crippen molar-refractivity contribution in [3.8, 4) is 11.3 Å². The molecule has 4 nitrogen and oxygen atoms in total. The largest absolute Gasteiger partial charge is 0.451 e. The summed E-state index contributed by atoms with van der Waals surface area (Å²) < 4.78 is 5.60. The summed E-state index contributed by atoms with van der Waals surface area (Å²) in [5.74, 6) is -0.808. The summed E-state index contributed by atoms with van der Waals surface area (Å²) in [6, 6.07) is 21.9. The number of fused-ring (bicyclic) bond motifs is 1. The third-order valence-corrected chi connectivity index (χ3v) is 5.57. The van der Waals surface area contributed by atoms with Crippen LogP contribution in [0.4, 0.5) is 0 Å². The lowest BCUT2D eigenvalue weighted by atomic mass is 10.0. The molecule has 4 aromatic rings. The van der Waals surface area contributed by atoms with Crippen molar-refractivity contribution in [2.24, 2.45) is 0 Å². The molecule has 0 unspecified atom stereocenters. The Labute approximate surface area is 191 Å². The summed E-state index contributed by atoms with van der Waals surface area (Å²) in [7, 11) is 0. The molecule has 0 radical (unpaired) electrons. The number of rotatable bonds is 5. The molecule has 160 valence electrons. The number of aromatic nitrogens is 1. The monoisotopic (exact) mass is 443 g/mol. The van der Waals surface area contributed by atoms with Crippen LogP contribution < -0.4 is 0 Å². The molecule has 1 atom stereocenters. The highest BCUT2D eigenvalue weighted by Gasteiger charge is 2.23. The fraction of sp³-hybridized carbons (Fsp3) is 0.148. The minimum Gasteiger partial charge on any atom is -0.451 e. The van der Waals surface area contributed by atoms with E-state index in [2.05, 4.69) is 0 Å². The summed E-state index contributed by atoms with van der Waals surface area (Å²) in [6.45, 7) is 5.49. The maximum absolute atomic E-state index is 13.2. The van der Waals surface area contributed by atoms with Gasteiger partial charge in [0, 0.05) is 21.5 Å². The van der Waals surface area contributed by atoms with Crippen molar-refractivity contribution in [3.63, 3.8) is 0 Å². The van der Waals surface area contributed by atoms with Gasteiger partial charge in [-0.2, -0.15) is 0 Å². The number of Topliss-reactive ketones (excluding diaryl/α,β-unsaturated/α-hetero) is 1. The number of aryl methyl sites for hydroxylation is 2. The molecule has 0 saturated carbocycles. The third kappa shape index (κ3) is 4.56. The van der Waals surface area contributed by atoms with Crippen LogP contribution in [0.5, 0.6) is 0 Å². The van der Waals surface area contributed by atoms with Crippen LogP contribution in [0.1, 0.15) is 38.8 Å². The fourth-order valence-corrected chi connectivity index (χ4v) is 3.63. The average molecular weight is 444 g/mol. The first-order chi connectivity index (χ1) is 15.3. The Bertz CT molecular complexity index is 1310. The van der Waals surface area contributed by atoms with Gasteiger partial charge in [0.15, 0.2) is 6.10 Å². The Balaban J connectivity index is 1.70. The quantitative estimate of drug-likeness (QED) is 0.257. The van der Waals surface area contributed by atoms with Crippen LogP contribution in [-0.2, 0) is 4.74 Å². The lowest BCUT2D eigenvalue weighted by molar-refractivity contribution is 0.0320. The highest BCUT2D eigenvalue weighted by atomic mass is 35.5. The van der Waals surface area contributed by atoms with Crippen molar-refractivity contribution in [2.45, 2.75) is 26.9 Å². The number of carbonyl (C=O) groups excluding carboxylic acids is 2. The first kappa shape index (κ1) is 21.7. The number of ketones is 1. The fourth-order valence-electron chi connectivity index (χ4n) is 3.51. The molecule has 1 aromatic heterocycles. The summed E-state index contributed by atoms with van der Waals surface area (Å²) >= 11 is 6.01.